The van der Waals surface area contributed by atoms with Crippen LogP contribution in [0.5, 0.6) is 11.5 Å². The second-order valence-electron chi connectivity index (χ2n) is 6.33. The minimum absolute atomic E-state index is 0.0347. The molecule has 0 unspecified atom stereocenters. The van der Waals surface area contributed by atoms with Crippen LogP contribution in [0.25, 0.3) is 6.08 Å². The highest BCUT2D eigenvalue weighted by Gasteiger charge is 2.25. The number of nitrogens with zero attached hydrogens (tertiary/aromatic N) is 1. The quantitative estimate of drug-likeness (QED) is 0.609. The molecule has 0 radical (unpaired) electrons. The van der Waals surface area contributed by atoms with Gasteiger partial charge < -0.3 is 9.47 Å². The zero-order valence-electron chi connectivity index (χ0n) is 14.1. The smallest absolute Gasteiger partial charge is 0.178 e. The van der Waals surface area contributed by atoms with E-state index in [4.69, 9.17) is 9.47 Å². The first-order valence-corrected chi connectivity index (χ1v) is 7.20. The molecule has 22 heavy (non-hydrogen) atoms. The molecule has 0 aliphatic heterocycles. The van der Waals surface area contributed by atoms with E-state index in [2.05, 4.69) is 0 Å². The molecule has 1 aromatic rings. The summed E-state index contributed by atoms with van der Waals surface area (Å²) in [5.41, 5.74) is 0.265. The van der Waals surface area contributed by atoms with E-state index in [9.17, 15) is 10.1 Å². The van der Waals surface area contributed by atoms with Gasteiger partial charge in [0.05, 0.1) is 18.8 Å². The molecule has 0 aliphatic carbocycles. The van der Waals surface area contributed by atoms with Gasteiger partial charge in [-0.1, -0.05) is 26.8 Å². The molecule has 0 spiro atoms. The van der Waals surface area contributed by atoms with Crippen LogP contribution in [0.2, 0.25) is 0 Å². The van der Waals surface area contributed by atoms with Gasteiger partial charge in [0.2, 0.25) is 0 Å². The summed E-state index contributed by atoms with van der Waals surface area (Å²) >= 11 is 0. The number of hydrogen-bond donors (Lipinski definition) is 0. The first-order chi connectivity index (χ1) is 10.2. The zero-order valence-corrected chi connectivity index (χ0v) is 14.1. The van der Waals surface area contributed by atoms with E-state index in [1.54, 1.807) is 52.2 Å². The van der Waals surface area contributed by atoms with Crippen LogP contribution in [0.1, 0.15) is 40.2 Å². The lowest BCUT2D eigenvalue weighted by molar-refractivity contribution is -0.121. The zero-order chi connectivity index (χ0) is 16.9. The molecule has 4 nitrogen and oxygen atoms in total. The van der Waals surface area contributed by atoms with Crippen molar-refractivity contribution in [3.05, 3.63) is 29.3 Å². The lowest BCUT2D eigenvalue weighted by Crippen LogP contribution is -2.21. The van der Waals surface area contributed by atoms with E-state index in [1.165, 1.54) is 0 Å². The number of Topliss-reactive ketones (excluding diaryl/α,β-unsaturated/α-hetero) is 1. The van der Waals surface area contributed by atoms with Crippen LogP contribution >= 0.6 is 0 Å². The van der Waals surface area contributed by atoms with Crippen molar-refractivity contribution >= 4 is 11.9 Å². The van der Waals surface area contributed by atoms with Crippen molar-refractivity contribution in [1.82, 2.24) is 0 Å². The van der Waals surface area contributed by atoms with E-state index in [0.717, 1.165) is 5.56 Å². The van der Waals surface area contributed by atoms with Gasteiger partial charge in [0.1, 0.15) is 6.07 Å². The van der Waals surface area contributed by atoms with Gasteiger partial charge in [0.25, 0.3) is 0 Å². The van der Waals surface area contributed by atoms with E-state index in [-0.39, 0.29) is 17.5 Å². The Bertz CT molecular complexity index is 616. The number of rotatable bonds is 5. The van der Waals surface area contributed by atoms with E-state index < -0.39 is 5.41 Å². The standard InChI is InChI=1S/C18H23NO3/c1-12(2)22-15-8-7-13(10-16(15)21-6)9-14(11-19)17(20)18(3,4)5/h7-10,12H,1-6H3/b14-9+. The molecule has 0 saturated heterocycles. The van der Waals surface area contributed by atoms with E-state index >= 15 is 0 Å². The predicted octanol–water partition coefficient (Wildman–Crippen LogP) is 4.00. The first-order valence-electron chi connectivity index (χ1n) is 7.20. The number of carbonyl (C=O) groups is 1. The van der Waals surface area contributed by atoms with Gasteiger partial charge in [0.15, 0.2) is 17.3 Å². The average Bonchev–Trinajstić information content (AvgIpc) is 2.43. The maximum absolute atomic E-state index is 12.2. The molecular formula is C18H23NO3. The summed E-state index contributed by atoms with van der Waals surface area (Å²) in [5, 5.41) is 9.23. The largest absolute Gasteiger partial charge is 0.493 e. The van der Waals surface area contributed by atoms with Crippen molar-refractivity contribution < 1.29 is 14.3 Å². The van der Waals surface area contributed by atoms with Crippen LogP contribution in [0, 0.1) is 16.7 Å². The number of nitriles is 1. The SMILES string of the molecule is COc1cc(/C=C(\C#N)C(=O)C(C)(C)C)ccc1OC(C)C. The first kappa shape index (κ1) is 17.8. The molecule has 0 N–H and O–H groups in total. The van der Waals surface area contributed by atoms with Crippen molar-refractivity contribution in [3.63, 3.8) is 0 Å². The normalized spacial score (nSPS) is 12.0. The van der Waals surface area contributed by atoms with Gasteiger partial charge in [-0.2, -0.15) is 5.26 Å². The number of ether oxygens (including phenoxy) is 2. The maximum Gasteiger partial charge on any atom is 0.178 e. The van der Waals surface area contributed by atoms with Crippen molar-refractivity contribution in [2.45, 2.75) is 40.7 Å². The van der Waals surface area contributed by atoms with Crippen molar-refractivity contribution in [1.29, 1.82) is 5.26 Å². The second kappa shape index (κ2) is 7.13. The number of hydrogen-bond acceptors (Lipinski definition) is 4. The van der Waals surface area contributed by atoms with Crippen LogP contribution in [-0.4, -0.2) is 19.0 Å². The summed E-state index contributed by atoms with van der Waals surface area (Å²) in [6.45, 7) is 9.24. The van der Waals surface area contributed by atoms with E-state index in [0.29, 0.717) is 11.5 Å². The van der Waals surface area contributed by atoms with Gasteiger partial charge in [0, 0.05) is 5.41 Å². The number of methoxy groups -OCH3 is 1. The predicted molar refractivity (Wildman–Crippen MR) is 86.8 cm³/mol. The number of benzene rings is 1. The third kappa shape index (κ3) is 4.63. The Hall–Kier alpha value is -2.28. The minimum Gasteiger partial charge on any atom is -0.493 e. The molecule has 0 heterocycles. The molecule has 0 aliphatic rings. The lowest BCUT2D eigenvalue weighted by Gasteiger charge is -2.16. The fraction of sp³-hybridized carbons (Fsp3) is 0.444. The molecule has 0 amide bonds. The van der Waals surface area contributed by atoms with Crippen LogP contribution in [-0.2, 0) is 4.79 Å². The Morgan fingerprint density at radius 2 is 1.91 bits per heavy atom. The monoisotopic (exact) mass is 301 g/mol. The lowest BCUT2D eigenvalue weighted by atomic mass is 9.86. The summed E-state index contributed by atoms with van der Waals surface area (Å²) in [4.78, 5) is 12.2. The highest BCUT2D eigenvalue weighted by Crippen LogP contribution is 2.30. The summed E-state index contributed by atoms with van der Waals surface area (Å²) in [6, 6.07) is 7.31. The van der Waals surface area contributed by atoms with Crippen molar-refractivity contribution in [2.75, 3.05) is 7.11 Å². The van der Waals surface area contributed by atoms with E-state index in [1.807, 2.05) is 19.9 Å². The van der Waals surface area contributed by atoms with Gasteiger partial charge in [-0.05, 0) is 37.6 Å². The Kier molecular flexibility index (Phi) is 5.76. The fourth-order valence-corrected chi connectivity index (χ4v) is 1.84. The fourth-order valence-electron chi connectivity index (χ4n) is 1.84. The number of ketones is 1. The Morgan fingerprint density at radius 3 is 2.36 bits per heavy atom. The molecule has 0 fully saturated rings. The summed E-state index contributed by atoms with van der Waals surface area (Å²) < 4.78 is 11.0. The average molecular weight is 301 g/mol. The number of carbonyl (C=O) groups excluding carboxylic acids is 1. The molecule has 1 aromatic carbocycles. The molecular weight excluding hydrogens is 278 g/mol. The topological polar surface area (TPSA) is 59.3 Å². The maximum atomic E-state index is 12.2. The van der Waals surface area contributed by atoms with Crippen LogP contribution in [0.3, 0.4) is 0 Å². The highest BCUT2D eigenvalue weighted by atomic mass is 16.5. The summed E-state index contributed by atoms with van der Waals surface area (Å²) in [7, 11) is 1.56. The molecule has 0 aromatic heterocycles. The molecule has 4 heteroatoms. The third-order valence-electron chi connectivity index (χ3n) is 2.91. The Morgan fingerprint density at radius 1 is 1.27 bits per heavy atom. The van der Waals surface area contributed by atoms with Gasteiger partial charge >= 0.3 is 0 Å². The molecule has 1 rings (SSSR count). The van der Waals surface area contributed by atoms with Crippen LogP contribution in [0.15, 0.2) is 23.8 Å². The van der Waals surface area contributed by atoms with Crippen LogP contribution in [0.4, 0.5) is 0 Å². The summed E-state index contributed by atoms with van der Waals surface area (Å²) in [6.07, 6.45) is 1.61. The van der Waals surface area contributed by atoms with Gasteiger partial charge in [-0.25, -0.2) is 0 Å². The Labute approximate surface area is 132 Å². The van der Waals surface area contributed by atoms with Gasteiger partial charge in [-0.3, -0.25) is 4.79 Å². The summed E-state index contributed by atoms with van der Waals surface area (Å²) in [5.74, 6) is 1.02. The van der Waals surface area contributed by atoms with Crippen molar-refractivity contribution in [2.24, 2.45) is 5.41 Å². The van der Waals surface area contributed by atoms with Crippen molar-refractivity contribution in [3.8, 4) is 17.6 Å². The second-order valence-corrected chi connectivity index (χ2v) is 6.33. The molecule has 0 saturated carbocycles. The number of allylic oxidation sites excluding steroid dienone is 1. The Balaban J connectivity index is 3.19. The molecule has 0 atom stereocenters. The third-order valence-corrected chi connectivity index (χ3v) is 2.91. The van der Waals surface area contributed by atoms with Gasteiger partial charge in [-0.15, -0.1) is 0 Å². The highest BCUT2D eigenvalue weighted by molar-refractivity contribution is 6.06. The van der Waals surface area contributed by atoms with Crippen LogP contribution < -0.4 is 9.47 Å². The molecule has 118 valence electrons. The molecule has 0 bridgehead atoms. The minimum atomic E-state index is -0.591.